The fraction of sp³-hybridized carbons (Fsp3) is 0.125. The summed E-state index contributed by atoms with van der Waals surface area (Å²) >= 11 is 5.70. The summed E-state index contributed by atoms with van der Waals surface area (Å²) in [5, 5.41) is 53.3. The van der Waals surface area contributed by atoms with Gasteiger partial charge >= 0.3 is 5.69 Å². The molecule has 4 N–H and O–H groups in total. The number of nitrogens with zero attached hydrogens (tertiary/aromatic N) is 3. The lowest BCUT2D eigenvalue weighted by Crippen LogP contribution is -1.95. The van der Waals surface area contributed by atoms with Crippen LogP contribution in [0.1, 0.15) is 11.4 Å². The number of hydrogen-bond donors (Lipinski definition) is 4. The van der Waals surface area contributed by atoms with Crippen molar-refractivity contribution >= 4 is 17.3 Å². The maximum Gasteiger partial charge on any atom is 0.315 e. The Hall–Kier alpha value is -3.53. The first-order valence-electron chi connectivity index (χ1n) is 7.50. The molecule has 0 amide bonds. The number of nitro benzene ring substituents is 1. The first kappa shape index (κ1) is 18.3. The second-order valence-electron chi connectivity index (χ2n) is 5.54. The van der Waals surface area contributed by atoms with E-state index < -0.39 is 27.9 Å². The minimum absolute atomic E-state index is 0.0202. The summed E-state index contributed by atoms with van der Waals surface area (Å²) in [7, 11) is 0. The van der Waals surface area contributed by atoms with Gasteiger partial charge < -0.3 is 24.9 Å². The van der Waals surface area contributed by atoms with Crippen molar-refractivity contribution in [2.75, 3.05) is 0 Å². The lowest BCUT2D eigenvalue weighted by Gasteiger charge is -2.06. The van der Waals surface area contributed by atoms with Crippen LogP contribution in [0, 0.1) is 10.1 Å². The molecule has 0 aliphatic heterocycles. The molecule has 140 valence electrons. The molecule has 0 radical (unpaired) electrons. The Morgan fingerprint density at radius 3 is 2.52 bits per heavy atom. The summed E-state index contributed by atoms with van der Waals surface area (Å²) in [6.07, 6.45) is 0.487. The minimum Gasteiger partial charge on any atom is -0.504 e. The van der Waals surface area contributed by atoms with E-state index in [1.54, 1.807) is 6.07 Å². The zero-order chi connectivity index (χ0) is 19.7. The maximum absolute atomic E-state index is 10.9. The van der Waals surface area contributed by atoms with E-state index in [9.17, 15) is 30.5 Å². The molecule has 11 heteroatoms. The monoisotopic (exact) mass is 393 g/mol. The topological polar surface area (TPSA) is 163 Å². The summed E-state index contributed by atoms with van der Waals surface area (Å²) < 4.78 is 5.03. The average molecular weight is 394 g/mol. The zero-order valence-electron chi connectivity index (χ0n) is 13.5. The van der Waals surface area contributed by atoms with Crippen LogP contribution in [0.25, 0.3) is 11.5 Å². The van der Waals surface area contributed by atoms with Crippen molar-refractivity contribution in [3.8, 4) is 34.5 Å². The Morgan fingerprint density at radius 1 is 1.07 bits per heavy atom. The molecule has 0 bridgehead atoms. The molecule has 3 aromatic rings. The van der Waals surface area contributed by atoms with E-state index in [-0.39, 0.29) is 40.9 Å². The number of nitro groups is 1. The third-order valence-corrected chi connectivity index (χ3v) is 4.09. The van der Waals surface area contributed by atoms with Gasteiger partial charge in [0, 0.05) is 12.5 Å². The number of benzene rings is 2. The molecule has 0 atom stereocenters. The van der Waals surface area contributed by atoms with Crippen molar-refractivity contribution in [2.24, 2.45) is 0 Å². The van der Waals surface area contributed by atoms with Gasteiger partial charge in [-0.2, -0.15) is 4.98 Å². The van der Waals surface area contributed by atoms with Crippen molar-refractivity contribution in [3.63, 3.8) is 0 Å². The third kappa shape index (κ3) is 3.55. The van der Waals surface area contributed by atoms with Gasteiger partial charge in [-0.05, 0) is 24.1 Å². The van der Waals surface area contributed by atoms with Gasteiger partial charge in [0.25, 0.3) is 5.89 Å². The molecule has 0 aliphatic carbocycles. The summed E-state index contributed by atoms with van der Waals surface area (Å²) in [4.78, 5) is 14.1. The Morgan fingerprint density at radius 2 is 1.81 bits per heavy atom. The Labute approximate surface area is 156 Å². The van der Waals surface area contributed by atoms with Gasteiger partial charge in [0.05, 0.1) is 15.5 Å². The molecular weight excluding hydrogens is 382 g/mol. The van der Waals surface area contributed by atoms with Crippen LogP contribution in [0.3, 0.4) is 0 Å². The highest BCUT2D eigenvalue weighted by Crippen LogP contribution is 2.39. The van der Waals surface area contributed by atoms with Crippen molar-refractivity contribution in [3.05, 3.63) is 50.8 Å². The van der Waals surface area contributed by atoms with Crippen LogP contribution in [-0.2, 0) is 12.8 Å². The van der Waals surface area contributed by atoms with Crippen LogP contribution in [-0.4, -0.2) is 35.5 Å². The Balaban J connectivity index is 1.82. The van der Waals surface area contributed by atoms with Crippen LogP contribution in [0.4, 0.5) is 5.69 Å². The Kier molecular flexibility index (Phi) is 4.74. The minimum atomic E-state index is -0.860. The van der Waals surface area contributed by atoms with Crippen LogP contribution >= 0.6 is 11.6 Å². The molecular formula is C16H12ClN3O7. The van der Waals surface area contributed by atoms with Gasteiger partial charge in [0.1, 0.15) is 0 Å². The number of hydrogen-bond acceptors (Lipinski definition) is 9. The van der Waals surface area contributed by atoms with Crippen molar-refractivity contribution in [1.29, 1.82) is 0 Å². The van der Waals surface area contributed by atoms with Crippen molar-refractivity contribution in [2.45, 2.75) is 12.8 Å². The number of phenolic OH excluding ortho intramolecular Hbond substituents is 4. The van der Waals surface area contributed by atoms with Gasteiger partial charge in [-0.1, -0.05) is 22.8 Å². The van der Waals surface area contributed by atoms with Crippen molar-refractivity contribution < 1.29 is 29.9 Å². The quantitative estimate of drug-likeness (QED) is 0.290. The number of halogens is 1. The third-order valence-electron chi connectivity index (χ3n) is 3.78. The van der Waals surface area contributed by atoms with E-state index >= 15 is 0 Å². The lowest BCUT2D eigenvalue weighted by molar-refractivity contribution is -0.385. The first-order chi connectivity index (χ1) is 12.8. The van der Waals surface area contributed by atoms with Crippen LogP contribution in [0.2, 0.25) is 5.02 Å². The predicted octanol–water partition coefficient (Wildman–Crippen LogP) is 2.91. The summed E-state index contributed by atoms with van der Waals surface area (Å²) in [6.45, 7) is 0. The molecule has 0 spiro atoms. The SMILES string of the molecule is O=[N+]([O-])c1cc(-c2nc(CCc3ccc(Cl)c(O)c3O)no2)cc(O)c1O. The molecule has 1 heterocycles. The van der Waals surface area contributed by atoms with Crippen LogP contribution in [0.15, 0.2) is 28.8 Å². The number of aromatic nitrogens is 2. The highest BCUT2D eigenvalue weighted by molar-refractivity contribution is 6.32. The molecule has 0 saturated carbocycles. The molecule has 10 nitrogen and oxygen atoms in total. The molecule has 3 rings (SSSR count). The molecule has 27 heavy (non-hydrogen) atoms. The van der Waals surface area contributed by atoms with Crippen LogP contribution in [0.5, 0.6) is 23.0 Å². The largest absolute Gasteiger partial charge is 0.504 e. The highest BCUT2D eigenvalue weighted by Gasteiger charge is 2.22. The van der Waals surface area contributed by atoms with E-state index in [4.69, 9.17) is 16.1 Å². The molecule has 1 aromatic heterocycles. The summed E-state index contributed by atoms with van der Waals surface area (Å²) in [6, 6.07) is 5.03. The number of rotatable bonds is 5. The van der Waals surface area contributed by atoms with Crippen LogP contribution < -0.4 is 0 Å². The van der Waals surface area contributed by atoms with E-state index in [0.29, 0.717) is 5.56 Å². The number of aromatic hydroxyl groups is 4. The standard InChI is InChI=1S/C16H12ClN3O7/c17-9-3-1-7(13(22)14(9)23)2-4-12-18-16(27-19-12)8-5-10(20(25)26)15(24)11(21)6-8/h1,3,5-6,21-24H,2,4H2. The lowest BCUT2D eigenvalue weighted by atomic mass is 10.1. The van der Waals surface area contributed by atoms with E-state index in [0.717, 1.165) is 12.1 Å². The normalized spacial score (nSPS) is 10.9. The first-order valence-corrected chi connectivity index (χ1v) is 7.88. The molecule has 2 aromatic carbocycles. The van der Waals surface area contributed by atoms with Crippen molar-refractivity contribution in [1.82, 2.24) is 10.1 Å². The summed E-state index contributed by atoms with van der Waals surface area (Å²) in [5.41, 5.74) is -0.227. The smallest absolute Gasteiger partial charge is 0.315 e. The molecule has 0 fully saturated rings. The van der Waals surface area contributed by atoms with Gasteiger partial charge in [-0.15, -0.1) is 0 Å². The van der Waals surface area contributed by atoms with E-state index in [1.807, 2.05) is 0 Å². The Bertz CT molecular complexity index is 1040. The zero-order valence-corrected chi connectivity index (χ0v) is 14.2. The second kappa shape index (κ2) is 7.00. The van der Waals surface area contributed by atoms with E-state index in [2.05, 4.69) is 10.1 Å². The highest BCUT2D eigenvalue weighted by atomic mass is 35.5. The fourth-order valence-corrected chi connectivity index (χ4v) is 2.54. The molecule has 0 aliphatic rings. The predicted molar refractivity (Wildman–Crippen MR) is 91.9 cm³/mol. The van der Waals surface area contributed by atoms with Gasteiger partial charge in [0.15, 0.2) is 23.1 Å². The average Bonchev–Trinajstić information content (AvgIpc) is 3.10. The number of aryl methyl sites for hydroxylation is 2. The van der Waals surface area contributed by atoms with Gasteiger partial charge in [-0.3, -0.25) is 10.1 Å². The number of phenols is 4. The fourth-order valence-electron chi connectivity index (χ4n) is 2.38. The summed E-state index contributed by atoms with van der Waals surface area (Å²) in [5.74, 6) is -2.18. The van der Waals surface area contributed by atoms with Gasteiger partial charge in [0.2, 0.25) is 5.75 Å². The second-order valence-corrected chi connectivity index (χ2v) is 5.95. The van der Waals surface area contributed by atoms with Gasteiger partial charge in [-0.25, -0.2) is 0 Å². The maximum atomic E-state index is 10.9. The van der Waals surface area contributed by atoms with E-state index in [1.165, 1.54) is 6.07 Å². The molecule has 0 saturated heterocycles. The molecule has 0 unspecified atom stereocenters.